The monoisotopic (exact) mass is 254 g/mol. The Bertz CT molecular complexity index is 511. The molecule has 0 saturated carbocycles. The topological polar surface area (TPSA) is 41.1 Å². The Morgan fingerprint density at radius 3 is 2.21 bits per heavy atom. The molecule has 0 bridgehead atoms. The Hall–Kier alpha value is -2.13. The van der Waals surface area contributed by atoms with Crippen molar-refractivity contribution >= 4 is 11.6 Å². The summed E-state index contributed by atoms with van der Waals surface area (Å²) in [7, 11) is 0. The van der Waals surface area contributed by atoms with E-state index < -0.39 is 0 Å². The Morgan fingerprint density at radius 2 is 1.58 bits per heavy atom. The van der Waals surface area contributed by atoms with Crippen LogP contribution in [0.2, 0.25) is 0 Å². The van der Waals surface area contributed by atoms with Gasteiger partial charge in [0.15, 0.2) is 0 Å². The van der Waals surface area contributed by atoms with E-state index in [1.807, 2.05) is 67.6 Å². The highest BCUT2D eigenvalue weighted by Gasteiger charge is 2.07. The summed E-state index contributed by atoms with van der Waals surface area (Å²) in [5, 5.41) is 6.05. The first-order chi connectivity index (χ1) is 9.25. The number of anilines is 1. The molecule has 98 valence electrons. The lowest BCUT2D eigenvalue weighted by Crippen LogP contribution is -2.30. The molecule has 2 aromatic rings. The summed E-state index contributed by atoms with van der Waals surface area (Å²) in [4.78, 5) is 11.8. The molecule has 0 spiro atoms. The second kappa shape index (κ2) is 6.71. The molecule has 19 heavy (non-hydrogen) atoms. The number of hydrogen-bond acceptors (Lipinski definition) is 2. The minimum Gasteiger partial charge on any atom is -0.325 e. The highest BCUT2D eigenvalue weighted by molar-refractivity contribution is 5.92. The van der Waals surface area contributed by atoms with Gasteiger partial charge in [0.2, 0.25) is 5.91 Å². The quantitative estimate of drug-likeness (QED) is 0.861. The third kappa shape index (κ3) is 4.23. The Morgan fingerprint density at radius 1 is 1.00 bits per heavy atom. The molecule has 1 atom stereocenters. The molecule has 0 radical (unpaired) electrons. The van der Waals surface area contributed by atoms with Gasteiger partial charge in [-0.25, -0.2) is 0 Å². The van der Waals surface area contributed by atoms with Gasteiger partial charge in [0.1, 0.15) is 0 Å². The van der Waals surface area contributed by atoms with Crippen LogP contribution in [0, 0.1) is 0 Å². The molecule has 3 heteroatoms. The molecule has 0 aliphatic carbocycles. The van der Waals surface area contributed by atoms with E-state index in [-0.39, 0.29) is 11.9 Å². The fourth-order valence-electron chi connectivity index (χ4n) is 1.83. The summed E-state index contributed by atoms with van der Waals surface area (Å²) in [6, 6.07) is 19.7. The highest BCUT2D eigenvalue weighted by atomic mass is 16.1. The maximum absolute atomic E-state index is 11.8. The second-order valence-electron chi connectivity index (χ2n) is 4.43. The molecule has 2 aromatic carbocycles. The van der Waals surface area contributed by atoms with E-state index >= 15 is 0 Å². The predicted octanol–water partition coefficient (Wildman–Crippen LogP) is 2.98. The highest BCUT2D eigenvalue weighted by Crippen LogP contribution is 2.10. The van der Waals surface area contributed by atoms with Gasteiger partial charge in [-0.05, 0) is 24.6 Å². The molecule has 1 amide bonds. The summed E-state index contributed by atoms with van der Waals surface area (Å²) in [6.45, 7) is 2.34. The number of amides is 1. The number of rotatable bonds is 5. The van der Waals surface area contributed by atoms with Gasteiger partial charge < -0.3 is 10.6 Å². The summed E-state index contributed by atoms with van der Waals surface area (Å²) >= 11 is 0. The lowest BCUT2D eigenvalue weighted by molar-refractivity contribution is -0.115. The van der Waals surface area contributed by atoms with Crippen molar-refractivity contribution in [3.8, 4) is 0 Å². The number of hydrogen-bond donors (Lipinski definition) is 2. The molecule has 0 aliphatic heterocycles. The van der Waals surface area contributed by atoms with E-state index in [1.165, 1.54) is 5.56 Å². The number of nitrogens with one attached hydrogen (secondary N) is 2. The molecule has 2 N–H and O–H groups in total. The van der Waals surface area contributed by atoms with Gasteiger partial charge in [-0.2, -0.15) is 0 Å². The van der Waals surface area contributed by atoms with Crippen LogP contribution in [0.15, 0.2) is 60.7 Å². The molecule has 0 fully saturated rings. The van der Waals surface area contributed by atoms with Crippen LogP contribution >= 0.6 is 0 Å². The van der Waals surface area contributed by atoms with Gasteiger partial charge >= 0.3 is 0 Å². The van der Waals surface area contributed by atoms with Gasteiger partial charge in [0.25, 0.3) is 0 Å². The van der Waals surface area contributed by atoms with Crippen molar-refractivity contribution in [3.63, 3.8) is 0 Å². The smallest absolute Gasteiger partial charge is 0.238 e. The van der Waals surface area contributed by atoms with Crippen molar-refractivity contribution in [2.75, 3.05) is 11.9 Å². The SMILES string of the molecule is C[C@H](NCC(=O)Nc1ccccc1)c1ccccc1. The maximum Gasteiger partial charge on any atom is 0.238 e. The Kier molecular flexibility index (Phi) is 4.70. The van der Waals surface area contributed by atoms with E-state index in [1.54, 1.807) is 0 Å². The van der Waals surface area contributed by atoms with Gasteiger partial charge in [0.05, 0.1) is 6.54 Å². The van der Waals surface area contributed by atoms with Crippen LogP contribution in [-0.4, -0.2) is 12.5 Å². The van der Waals surface area contributed by atoms with E-state index in [9.17, 15) is 4.79 Å². The molecule has 0 aromatic heterocycles. The largest absolute Gasteiger partial charge is 0.325 e. The van der Waals surface area contributed by atoms with Crippen LogP contribution in [0.25, 0.3) is 0 Å². The zero-order valence-electron chi connectivity index (χ0n) is 11.0. The first kappa shape index (κ1) is 13.3. The second-order valence-corrected chi connectivity index (χ2v) is 4.43. The third-order valence-corrected chi connectivity index (χ3v) is 2.93. The Labute approximate surface area is 113 Å². The molecule has 0 aliphatic rings. The molecule has 0 saturated heterocycles. The van der Waals surface area contributed by atoms with E-state index in [0.717, 1.165) is 5.69 Å². The van der Waals surface area contributed by atoms with Crippen molar-refractivity contribution in [2.45, 2.75) is 13.0 Å². The molecule has 2 rings (SSSR count). The Balaban J connectivity index is 1.81. The number of para-hydroxylation sites is 1. The van der Waals surface area contributed by atoms with Crippen LogP contribution in [0.4, 0.5) is 5.69 Å². The van der Waals surface area contributed by atoms with Crippen molar-refractivity contribution in [1.29, 1.82) is 0 Å². The van der Waals surface area contributed by atoms with Crippen LogP contribution in [0.1, 0.15) is 18.5 Å². The standard InChI is InChI=1S/C16H18N2O/c1-13(14-8-4-2-5-9-14)17-12-16(19)18-15-10-6-3-7-11-15/h2-11,13,17H,12H2,1H3,(H,18,19)/t13-/m0/s1. The summed E-state index contributed by atoms with van der Waals surface area (Å²) < 4.78 is 0. The maximum atomic E-state index is 11.8. The fraction of sp³-hybridized carbons (Fsp3) is 0.188. The van der Waals surface area contributed by atoms with Crippen molar-refractivity contribution < 1.29 is 4.79 Å². The lowest BCUT2D eigenvalue weighted by Gasteiger charge is -2.14. The minimum atomic E-state index is -0.0334. The van der Waals surface area contributed by atoms with E-state index in [4.69, 9.17) is 0 Å². The fourth-order valence-corrected chi connectivity index (χ4v) is 1.83. The normalized spacial score (nSPS) is 11.8. The number of carbonyl (C=O) groups excluding carboxylic acids is 1. The average Bonchev–Trinajstić information content (AvgIpc) is 2.47. The minimum absolute atomic E-state index is 0.0334. The van der Waals surface area contributed by atoms with E-state index in [0.29, 0.717) is 6.54 Å². The molecule has 0 unspecified atom stereocenters. The lowest BCUT2D eigenvalue weighted by atomic mass is 10.1. The van der Waals surface area contributed by atoms with Gasteiger partial charge in [0, 0.05) is 11.7 Å². The van der Waals surface area contributed by atoms with Gasteiger partial charge in [-0.1, -0.05) is 48.5 Å². The van der Waals surface area contributed by atoms with Crippen LogP contribution in [0.3, 0.4) is 0 Å². The molecular weight excluding hydrogens is 236 g/mol. The van der Waals surface area contributed by atoms with E-state index in [2.05, 4.69) is 10.6 Å². The first-order valence-corrected chi connectivity index (χ1v) is 6.39. The molecule has 3 nitrogen and oxygen atoms in total. The van der Waals surface area contributed by atoms with Crippen LogP contribution < -0.4 is 10.6 Å². The molecule has 0 heterocycles. The number of carbonyl (C=O) groups is 1. The molecular formula is C16H18N2O. The van der Waals surface area contributed by atoms with Gasteiger partial charge in [-0.15, -0.1) is 0 Å². The summed E-state index contributed by atoms with van der Waals surface area (Å²) in [5.74, 6) is -0.0334. The zero-order valence-corrected chi connectivity index (χ0v) is 11.0. The summed E-state index contributed by atoms with van der Waals surface area (Å²) in [5.41, 5.74) is 2.00. The number of benzene rings is 2. The third-order valence-electron chi connectivity index (χ3n) is 2.93. The van der Waals surface area contributed by atoms with Crippen molar-refractivity contribution in [1.82, 2.24) is 5.32 Å². The van der Waals surface area contributed by atoms with Crippen LogP contribution in [-0.2, 0) is 4.79 Å². The van der Waals surface area contributed by atoms with Crippen molar-refractivity contribution in [3.05, 3.63) is 66.2 Å². The zero-order chi connectivity index (χ0) is 13.5. The predicted molar refractivity (Wildman–Crippen MR) is 77.9 cm³/mol. The first-order valence-electron chi connectivity index (χ1n) is 6.39. The van der Waals surface area contributed by atoms with Gasteiger partial charge in [-0.3, -0.25) is 4.79 Å². The van der Waals surface area contributed by atoms with Crippen molar-refractivity contribution in [2.24, 2.45) is 0 Å². The van der Waals surface area contributed by atoms with Crippen LogP contribution in [0.5, 0.6) is 0 Å². The summed E-state index contributed by atoms with van der Waals surface area (Å²) in [6.07, 6.45) is 0. The average molecular weight is 254 g/mol.